The monoisotopic (exact) mass is 355 g/mol. The third-order valence-corrected chi connectivity index (χ3v) is 6.37. The van der Waals surface area contributed by atoms with Crippen LogP contribution < -0.4 is 0 Å². The Morgan fingerprint density at radius 1 is 1.25 bits per heavy atom. The summed E-state index contributed by atoms with van der Waals surface area (Å²) in [7, 11) is -3.64. The average Bonchev–Trinajstić information content (AvgIpc) is 2.51. The minimum absolute atomic E-state index is 0.00918. The molecule has 1 fully saturated rings. The second-order valence-corrected chi connectivity index (χ2v) is 8.51. The Balaban J connectivity index is 2.26. The van der Waals surface area contributed by atoms with Crippen molar-refractivity contribution in [2.45, 2.75) is 33.7 Å². The van der Waals surface area contributed by atoms with E-state index in [4.69, 9.17) is 0 Å². The van der Waals surface area contributed by atoms with Crippen LogP contribution in [0.4, 0.5) is 5.69 Å². The molecule has 2 rings (SSSR count). The molecule has 1 saturated heterocycles. The minimum Gasteiger partial charge on any atom is -0.258 e. The molecule has 2 unspecified atom stereocenters. The quantitative estimate of drug-likeness (QED) is 0.580. The Morgan fingerprint density at radius 3 is 2.38 bits per heavy atom. The largest absolute Gasteiger partial charge is 0.282 e. The molecule has 1 heterocycles. The molecule has 0 aromatic heterocycles. The van der Waals surface area contributed by atoms with Crippen molar-refractivity contribution in [1.29, 1.82) is 0 Å². The fraction of sp³-hybridized carbons (Fsp3) is 0.625. The average molecular weight is 355 g/mol. The molecule has 1 aliphatic rings. The molecule has 24 heavy (non-hydrogen) atoms. The molecule has 2 atom stereocenters. The zero-order valence-electron chi connectivity index (χ0n) is 14.4. The molecular weight excluding hydrogens is 330 g/mol. The molecule has 0 N–H and O–H groups in total. The fourth-order valence-corrected chi connectivity index (χ4v) is 5.17. The number of nitrogens with zero attached hydrogens (tertiary/aromatic N) is 3. The second-order valence-electron chi connectivity index (χ2n) is 6.58. The van der Waals surface area contributed by atoms with Gasteiger partial charge in [-0.2, -0.15) is 17.0 Å². The Kier molecular flexibility index (Phi) is 5.95. The number of para-hydroxylation sites is 1. The van der Waals surface area contributed by atoms with Crippen LogP contribution >= 0.6 is 0 Å². The van der Waals surface area contributed by atoms with E-state index < -0.39 is 15.1 Å². The number of nitro benzene ring substituents is 1. The van der Waals surface area contributed by atoms with Gasteiger partial charge < -0.3 is 0 Å². The zero-order valence-corrected chi connectivity index (χ0v) is 15.2. The first-order chi connectivity index (χ1) is 11.3. The van der Waals surface area contributed by atoms with Gasteiger partial charge in [0.1, 0.15) is 0 Å². The van der Waals surface area contributed by atoms with Crippen LogP contribution in [0.1, 0.15) is 32.8 Å². The third-order valence-electron chi connectivity index (χ3n) is 4.38. The van der Waals surface area contributed by atoms with E-state index in [0.29, 0.717) is 30.5 Å². The fourth-order valence-electron chi connectivity index (χ4n) is 3.33. The highest BCUT2D eigenvalue weighted by Gasteiger charge is 2.34. The van der Waals surface area contributed by atoms with Gasteiger partial charge in [-0.1, -0.05) is 39.0 Å². The highest BCUT2D eigenvalue weighted by Crippen LogP contribution is 2.27. The molecule has 8 heteroatoms. The lowest BCUT2D eigenvalue weighted by atomic mass is 9.94. The van der Waals surface area contributed by atoms with Crippen LogP contribution in [-0.2, 0) is 16.8 Å². The van der Waals surface area contributed by atoms with Gasteiger partial charge in [0, 0.05) is 37.8 Å². The lowest BCUT2D eigenvalue weighted by Gasteiger charge is -2.37. The van der Waals surface area contributed by atoms with Crippen LogP contribution in [0.25, 0.3) is 0 Å². The molecular formula is C16H25N3O4S. The van der Waals surface area contributed by atoms with Crippen molar-refractivity contribution >= 4 is 15.9 Å². The number of rotatable bonds is 6. The third kappa shape index (κ3) is 4.12. The summed E-state index contributed by atoms with van der Waals surface area (Å²) < 4.78 is 28.8. The summed E-state index contributed by atoms with van der Waals surface area (Å²) in [4.78, 5) is 10.7. The van der Waals surface area contributed by atoms with E-state index in [1.807, 2.05) is 0 Å². The van der Waals surface area contributed by atoms with Crippen molar-refractivity contribution in [2.24, 2.45) is 11.8 Å². The molecule has 1 aliphatic heterocycles. The summed E-state index contributed by atoms with van der Waals surface area (Å²) in [6, 6.07) is 6.28. The maximum Gasteiger partial charge on any atom is 0.282 e. The smallest absolute Gasteiger partial charge is 0.258 e. The number of benzene rings is 1. The van der Waals surface area contributed by atoms with Crippen LogP contribution in [0.3, 0.4) is 0 Å². The molecule has 0 saturated carbocycles. The second kappa shape index (κ2) is 7.58. The lowest BCUT2D eigenvalue weighted by molar-refractivity contribution is -0.385. The van der Waals surface area contributed by atoms with Crippen molar-refractivity contribution < 1.29 is 13.3 Å². The zero-order chi connectivity index (χ0) is 17.9. The summed E-state index contributed by atoms with van der Waals surface area (Å²) >= 11 is 0. The van der Waals surface area contributed by atoms with Gasteiger partial charge in [0.2, 0.25) is 0 Å². The van der Waals surface area contributed by atoms with Gasteiger partial charge in [0.15, 0.2) is 0 Å². The van der Waals surface area contributed by atoms with Gasteiger partial charge in [-0.05, 0) is 18.3 Å². The van der Waals surface area contributed by atoms with E-state index in [9.17, 15) is 18.5 Å². The van der Waals surface area contributed by atoms with Crippen molar-refractivity contribution in [2.75, 3.05) is 19.6 Å². The SMILES string of the molecule is CCN(Cc1ccccc1[N+](=O)[O-])S(=O)(=O)N1CC(C)CC(C)C1. The van der Waals surface area contributed by atoms with E-state index in [0.717, 1.165) is 6.42 Å². The summed E-state index contributed by atoms with van der Waals surface area (Å²) in [6.07, 6.45) is 1.02. The van der Waals surface area contributed by atoms with Gasteiger partial charge in [0.25, 0.3) is 15.9 Å². The number of piperidine rings is 1. The number of hydrogen-bond acceptors (Lipinski definition) is 4. The van der Waals surface area contributed by atoms with Crippen LogP contribution in [0.5, 0.6) is 0 Å². The Labute approximate surface area is 143 Å². The number of nitro groups is 1. The van der Waals surface area contributed by atoms with Gasteiger partial charge in [0.05, 0.1) is 4.92 Å². The molecule has 134 valence electrons. The first-order valence-electron chi connectivity index (χ1n) is 8.23. The van der Waals surface area contributed by atoms with Crippen LogP contribution in [0, 0.1) is 22.0 Å². The van der Waals surface area contributed by atoms with Gasteiger partial charge in [-0.25, -0.2) is 0 Å². The molecule has 0 amide bonds. The molecule has 1 aromatic rings. The molecule has 7 nitrogen and oxygen atoms in total. The maximum absolute atomic E-state index is 13.0. The molecule has 0 bridgehead atoms. The molecule has 0 spiro atoms. The van der Waals surface area contributed by atoms with Gasteiger partial charge in [-0.3, -0.25) is 10.1 Å². The van der Waals surface area contributed by atoms with Crippen molar-refractivity contribution in [3.63, 3.8) is 0 Å². The van der Waals surface area contributed by atoms with E-state index in [1.54, 1.807) is 25.1 Å². The maximum atomic E-state index is 13.0. The van der Waals surface area contributed by atoms with Crippen LogP contribution in [0.2, 0.25) is 0 Å². The van der Waals surface area contributed by atoms with E-state index in [-0.39, 0.29) is 18.8 Å². The Morgan fingerprint density at radius 2 is 1.83 bits per heavy atom. The van der Waals surface area contributed by atoms with Gasteiger partial charge >= 0.3 is 0 Å². The topological polar surface area (TPSA) is 83.8 Å². The molecule has 0 radical (unpaired) electrons. The predicted octanol–water partition coefficient (Wildman–Crippen LogP) is 2.64. The standard InChI is InChI=1S/C16H25N3O4S/c1-4-17(12-15-7-5-6-8-16(15)19(20)21)24(22,23)18-10-13(2)9-14(3)11-18/h5-8,13-14H,4,9-12H2,1-3H3. The summed E-state index contributed by atoms with van der Waals surface area (Å²) in [5, 5.41) is 11.2. The summed E-state index contributed by atoms with van der Waals surface area (Å²) in [5.74, 6) is 0.626. The van der Waals surface area contributed by atoms with Crippen molar-refractivity contribution in [3.05, 3.63) is 39.9 Å². The highest BCUT2D eigenvalue weighted by molar-refractivity contribution is 7.86. The first kappa shape index (κ1) is 18.8. The molecule has 1 aromatic carbocycles. The summed E-state index contributed by atoms with van der Waals surface area (Å²) in [6.45, 7) is 7.14. The van der Waals surface area contributed by atoms with Crippen molar-refractivity contribution in [1.82, 2.24) is 8.61 Å². The van der Waals surface area contributed by atoms with E-state index in [1.165, 1.54) is 14.7 Å². The molecule has 0 aliphatic carbocycles. The van der Waals surface area contributed by atoms with E-state index >= 15 is 0 Å². The highest BCUT2D eigenvalue weighted by atomic mass is 32.2. The normalized spacial score (nSPS) is 22.7. The Bertz CT molecular complexity index is 682. The Hall–Kier alpha value is -1.51. The minimum atomic E-state index is -3.64. The van der Waals surface area contributed by atoms with Crippen LogP contribution in [-0.4, -0.2) is 41.6 Å². The lowest BCUT2D eigenvalue weighted by Crippen LogP contribution is -2.49. The first-order valence-corrected chi connectivity index (χ1v) is 9.62. The number of hydrogen-bond donors (Lipinski definition) is 0. The van der Waals surface area contributed by atoms with E-state index in [2.05, 4.69) is 13.8 Å². The van der Waals surface area contributed by atoms with Crippen LogP contribution in [0.15, 0.2) is 24.3 Å². The predicted molar refractivity (Wildman–Crippen MR) is 92.6 cm³/mol. The summed E-state index contributed by atoms with van der Waals surface area (Å²) in [5.41, 5.74) is 0.359. The van der Waals surface area contributed by atoms with Crippen molar-refractivity contribution in [3.8, 4) is 0 Å². The van der Waals surface area contributed by atoms with Gasteiger partial charge in [-0.15, -0.1) is 0 Å².